The van der Waals surface area contributed by atoms with Gasteiger partial charge in [0.1, 0.15) is 5.60 Å². The number of aryl methyl sites for hydroxylation is 2. The number of aromatic nitrogens is 1. The summed E-state index contributed by atoms with van der Waals surface area (Å²) in [5.74, 6) is 1.32. The standard InChI is InChI=1S/C20H31N3O4/c1-5-15(6-2)12-23-13-20(27-19(23)25)8-10-22(11-9-20)18(24)17-14(4)21-16(7-3)26-17/h15H,5-13H2,1-4H3. The van der Waals surface area contributed by atoms with E-state index >= 15 is 0 Å². The number of piperidine rings is 1. The summed E-state index contributed by atoms with van der Waals surface area (Å²) >= 11 is 0. The van der Waals surface area contributed by atoms with Gasteiger partial charge in [0, 0.05) is 38.9 Å². The lowest BCUT2D eigenvalue weighted by molar-refractivity contribution is 0.00218. The summed E-state index contributed by atoms with van der Waals surface area (Å²) in [4.78, 5) is 33.0. The van der Waals surface area contributed by atoms with Crippen LogP contribution in [0, 0.1) is 12.8 Å². The van der Waals surface area contributed by atoms with Crippen molar-refractivity contribution < 1.29 is 18.7 Å². The number of oxazole rings is 1. The van der Waals surface area contributed by atoms with Crippen molar-refractivity contribution in [2.24, 2.45) is 5.92 Å². The minimum absolute atomic E-state index is 0.118. The first kappa shape index (κ1) is 19.7. The molecule has 0 atom stereocenters. The van der Waals surface area contributed by atoms with E-state index < -0.39 is 5.60 Å². The highest BCUT2D eigenvalue weighted by atomic mass is 16.6. The minimum atomic E-state index is -0.453. The molecule has 0 aliphatic carbocycles. The van der Waals surface area contributed by atoms with Gasteiger partial charge in [-0.25, -0.2) is 9.78 Å². The third-order valence-corrected chi connectivity index (χ3v) is 5.97. The molecule has 0 radical (unpaired) electrons. The number of carbonyl (C=O) groups excluding carboxylic acids is 2. The minimum Gasteiger partial charge on any atom is -0.441 e. The van der Waals surface area contributed by atoms with Crippen molar-refractivity contribution in [1.82, 2.24) is 14.8 Å². The van der Waals surface area contributed by atoms with Crippen LogP contribution in [0.5, 0.6) is 0 Å². The Labute approximate surface area is 161 Å². The van der Waals surface area contributed by atoms with Crippen molar-refractivity contribution in [3.8, 4) is 0 Å². The predicted molar refractivity (Wildman–Crippen MR) is 101 cm³/mol. The average Bonchev–Trinajstić information content (AvgIpc) is 3.19. The number of hydrogen-bond donors (Lipinski definition) is 0. The molecule has 3 rings (SSSR count). The van der Waals surface area contributed by atoms with Crippen LogP contribution in [0.1, 0.15) is 68.6 Å². The molecule has 0 N–H and O–H groups in total. The van der Waals surface area contributed by atoms with Crippen LogP contribution >= 0.6 is 0 Å². The molecule has 3 heterocycles. The number of carbonyl (C=O) groups is 2. The smallest absolute Gasteiger partial charge is 0.410 e. The Bertz CT molecular complexity index is 687. The average molecular weight is 377 g/mol. The zero-order chi connectivity index (χ0) is 19.6. The first-order valence-corrected chi connectivity index (χ1v) is 10.1. The molecule has 2 aliphatic heterocycles. The quantitative estimate of drug-likeness (QED) is 0.759. The molecule has 2 amide bonds. The second-order valence-corrected chi connectivity index (χ2v) is 7.78. The zero-order valence-electron chi connectivity index (χ0n) is 16.9. The predicted octanol–water partition coefficient (Wildman–Crippen LogP) is 3.41. The third kappa shape index (κ3) is 3.96. The molecule has 27 heavy (non-hydrogen) atoms. The second kappa shape index (κ2) is 7.90. The van der Waals surface area contributed by atoms with Gasteiger partial charge in [-0.2, -0.15) is 0 Å². The molecule has 0 bridgehead atoms. The normalized spacial score (nSPS) is 19.2. The van der Waals surface area contributed by atoms with E-state index in [0.29, 0.717) is 62.2 Å². The second-order valence-electron chi connectivity index (χ2n) is 7.78. The van der Waals surface area contributed by atoms with Gasteiger partial charge in [0.25, 0.3) is 5.91 Å². The fraction of sp³-hybridized carbons (Fsp3) is 0.750. The number of nitrogens with zero attached hydrogens (tertiary/aromatic N) is 3. The van der Waals surface area contributed by atoms with Gasteiger partial charge >= 0.3 is 6.09 Å². The Hall–Kier alpha value is -2.05. The van der Waals surface area contributed by atoms with Gasteiger partial charge in [-0.1, -0.05) is 33.6 Å². The zero-order valence-corrected chi connectivity index (χ0v) is 16.9. The molecule has 2 saturated heterocycles. The van der Waals surface area contributed by atoms with Gasteiger partial charge in [-0.05, 0) is 12.8 Å². The number of rotatable bonds is 6. The fourth-order valence-corrected chi connectivity index (χ4v) is 4.02. The van der Waals surface area contributed by atoms with Crippen molar-refractivity contribution in [2.75, 3.05) is 26.2 Å². The van der Waals surface area contributed by atoms with Crippen molar-refractivity contribution in [2.45, 2.75) is 65.4 Å². The molecular weight excluding hydrogens is 346 g/mol. The van der Waals surface area contributed by atoms with E-state index in [1.54, 1.807) is 11.8 Å². The Morgan fingerprint density at radius 3 is 2.44 bits per heavy atom. The SMILES string of the molecule is CCc1nc(C)c(C(=O)N2CCC3(CC2)CN(CC(CC)CC)C(=O)O3)o1. The van der Waals surface area contributed by atoms with Gasteiger partial charge in [0.2, 0.25) is 5.76 Å². The molecule has 1 aromatic heterocycles. The van der Waals surface area contributed by atoms with E-state index in [4.69, 9.17) is 9.15 Å². The lowest BCUT2D eigenvalue weighted by Gasteiger charge is -2.37. The third-order valence-electron chi connectivity index (χ3n) is 5.97. The largest absolute Gasteiger partial charge is 0.441 e. The molecule has 0 aromatic carbocycles. The van der Waals surface area contributed by atoms with Crippen molar-refractivity contribution >= 4 is 12.0 Å². The summed E-state index contributed by atoms with van der Waals surface area (Å²) in [7, 11) is 0. The monoisotopic (exact) mass is 377 g/mol. The Balaban J connectivity index is 1.60. The summed E-state index contributed by atoms with van der Waals surface area (Å²) in [6.07, 6.45) is 3.91. The molecule has 150 valence electrons. The Morgan fingerprint density at radius 1 is 1.22 bits per heavy atom. The van der Waals surface area contributed by atoms with Crippen LogP contribution in [0.2, 0.25) is 0 Å². The highest BCUT2D eigenvalue weighted by molar-refractivity contribution is 5.92. The van der Waals surface area contributed by atoms with Gasteiger partial charge in [0.05, 0.1) is 12.2 Å². The summed E-state index contributed by atoms with van der Waals surface area (Å²) in [6.45, 7) is 10.6. The number of hydrogen-bond acceptors (Lipinski definition) is 5. The van der Waals surface area contributed by atoms with Gasteiger partial charge in [-0.15, -0.1) is 0 Å². The van der Waals surface area contributed by atoms with Crippen molar-refractivity contribution in [3.05, 3.63) is 17.3 Å². The van der Waals surface area contributed by atoms with E-state index in [0.717, 1.165) is 19.4 Å². The molecule has 2 aliphatic rings. The Kier molecular flexibility index (Phi) is 5.77. The lowest BCUT2D eigenvalue weighted by atomic mass is 9.90. The van der Waals surface area contributed by atoms with Crippen LogP contribution in [0.15, 0.2) is 4.42 Å². The van der Waals surface area contributed by atoms with E-state index in [1.165, 1.54) is 0 Å². The van der Waals surface area contributed by atoms with Crippen LogP contribution in [0.4, 0.5) is 4.79 Å². The van der Waals surface area contributed by atoms with Crippen LogP contribution < -0.4 is 0 Å². The van der Waals surface area contributed by atoms with Gasteiger partial charge in [0.15, 0.2) is 5.89 Å². The van der Waals surface area contributed by atoms with Crippen LogP contribution in [0.25, 0.3) is 0 Å². The maximum Gasteiger partial charge on any atom is 0.410 e. The van der Waals surface area contributed by atoms with E-state index in [2.05, 4.69) is 18.8 Å². The maximum absolute atomic E-state index is 12.8. The fourth-order valence-electron chi connectivity index (χ4n) is 4.02. The Morgan fingerprint density at radius 2 is 1.89 bits per heavy atom. The highest BCUT2D eigenvalue weighted by Crippen LogP contribution is 2.34. The maximum atomic E-state index is 12.8. The number of ether oxygens (including phenoxy) is 1. The van der Waals surface area contributed by atoms with E-state index in [1.807, 2.05) is 11.8 Å². The molecule has 2 fully saturated rings. The van der Waals surface area contributed by atoms with Gasteiger partial charge in [-0.3, -0.25) is 4.79 Å². The van der Waals surface area contributed by atoms with E-state index in [9.17, 15) is 9.59 Å². The van der Waals surface area contributed by atoms with E-state index in [-0.39, 0.29) is 12.0 Å². The first-order chi connectivity index (χ1) is 12.9. The molecule has 7 heteroatoms. The van der Waals surface area contributed by atoms with Crippen LogP contribution in [-0.4, -0.2) is 58.6 Å². The van der Waals surface area contributed by atoms with Gasteiger partial charge < -0.3 is 19.0 Å². The summed E-state index contributed by atoms with van der Waals surface area (Å²) in [6, 6.07) is 0. The molecule has 1 aromatic rings. The lowest BCUT2D eigenvalue weighted by Crippen LogP contribution is -2.49. The summed E-state index contributed by atoms with van der Waals surface area (Å²) < 4.78 is 11.4. The molecule has 0 saturated carbocycles. The summed E-state index contributed by atoms with van der Waals surface area (Å²) in [5.41, 5.74) is 0.186. The molecular formula is C20H31N3O4. The van der Waals surface area contributed by atoms with Crippen LogP contribution in [0.3, 0.4) is 0 Å². The first-order valence-electron chi connectivity index (χ1n) is 10.1. The molecule has 7 nitrogen and oxygen atoms in total. The topological polar surface area (TPSA) is 75.9 Å². The van der Waals surface area contributed by atoms with Crippen molar-refractivity contribution in [1.29, 1.82) is 0 Å². The van der Waals surface area contributed by atoms with Crippen LogP contribution in [-0.2, 0) is 11.2 Å². The highest BCUT2D eigenvalue weighted by Gasteiger charge is 2.48. The molecule has 0 unspecified atom stereocenters. The summed E-state index contributed by atoms with van der Waals surface area (Å²) in [5, 5.41) is 0. The number of likely N-dealkylation sites (tertiary alicyclic amines) is 1. The molecule has 1 spiro atoms. The van der Waals surface area contributed by atoms with Crippen molar-refractivity contribution in [3.63, 3.8) is 0 Å². The number of amides is 2.